The van der Waals surface area contributed by atoms with Crippen molar-refractivity contribution < 1.29 is 37.3 Å². The number of halogens is 3. The van der Waals surface area contributed by atoms with Gasteiger partial charge in [-0.15, -0.1) is 0 Å². The predicted molar refractivity (Wildman–Crippen MR) is 115 cm³/mol. The van der Waals surface area contributed by atoms with Gasteiger partial charge in [-0.3, -0.25) is 0 Å². The van der Waals surface area contributed by atoms with E-state index in [-0.39, 0.29) is 35.6 Å². The Morgan fingerprint density at radius 3 is 2.55 bits per heavy atom. The molecular formula is C22H21F2IN2S2. The summed E-state index contributed by atoms with van der Waals surface area (Å²) in [5, 5.41) is 2.18. The van der Waals surface area contributed by atoms with Crippen LogP contribution in [0.2, 0.25) is 0 Å². The lowest BCUT2D eigenvalue weighted by Gasteiger charge is -2.18. The second kappa shape index (κ2) is 9.14. The minimum absolute atomic E-state index is 0. The standard InChI is InChI=1S/C22H21F2N2S2.HI/c1-4-25-17-12-15(23)6-8-19(17)27-21(25)10-14(3)11-22-26(5-2)18-13-16(24)7-9-20(18)28-22;/h6-13H,4-5H2,1-3H3;1H/q+1;/p-1. The van der Waals surface area contributed by atoms with E-state index >= 15 is 0 Å². The second-order valence-corrected chi connectivity index (χ2v) is 8.75. The number of aromatic nitrogens is 1. The van der Waals surface area contributed by atoms with Gasteiger partial charge < -0.3 is 28.9 Å². The Kier molecular flexibility index (Phi) is 7.01. The topological polar surface area (TPSA) is 7.12 Å². The summed E-state index contributed by atoms with van der Waals surface area (Å²) in [6, 6.07) is 9.87. The van der Waals surface area contributed by atoms with E-state index in [4.69, 9.17) is 0 Å². The van der Waals surface area contributed by atoms with Crippen molar-refractivity contribution in [2.75, 3.05) is 11.4 Å². The molecule has 0 radical (unpaired) electrons. The molecule has 0 N–H and O–H groups in total. The Balaban J connectivity index is 0.00000240. The fourth-order valence-corrected chi connectivity index (χ4v) is 5.88. The Morgan fingerprint density at radius 2 is 1.83 bits per heavy atom. The molecule has 2 heterocycles. The average molecular weight is 542 g/mol. The van der Waals surface area contributed by atoms with Gasteiger partial charge in [0.2, 0.25) is 5.52 Å². The van der Waals surface area contributed by atoms with Crippen LogP contribution in [0, 0.1) is 11.6 Å². The summed E-state index contributed by atoms with van der Waals surface area (Å²) < 4.78 is 30.5. The molecule has 0 bridgehead atoms. The number of hydrogen-bond donors (Lipinski definition) is 0. The maximum Gasteiger partial charge on any atom is 0.262 e. The second-order valence-electron chi connectivity index (χ2n) is 6.63. The number of thiazole rings is 1. The summed E-state index contributed by atoms with van der Waals surface area (Å²) in [4.78, 5) is 3.21. The number of allylic oxidation sites excluding steroid dienone is 2. The highest BCUT2D eigenvalue weighted by atomic mass is 127. The van der Waals surface area contributed by atoms with Crippen molar-refractivity contribution in [2.24, 2.45) is 0 Å². The molecule has 0 saturated carbocycles. The summed E-state index contributed by atoms with van der Waals surface area (Å²) in [6.07, 6.45) is 4.27. The van der Waals surface area contributed by atoms with Gasteiger partial charge in [0, 0.05) is 23.6 Å². The van der Waals surface area contributed by atoms with Crippen molar-refractivity contribution in [2.45, 2.75) is 32.2 Å². The fraction of sp³-hybridized carbons (Fsp3) is 0.227. The van der Waals surface area contributed by atoms with E-state index in [1.54, 1.807) is 35.2 Å². The Hall–Kier alpha value is -1.45. The quantitative estimate of drug-likeness (QED) is 0.369. The summed E-state index contributed by atoms with van der Waals surface area (Å²) >= 11 is 3.32. The number of rotatable bonds is 4. The molecule has 29 heavy (non-hydrogen) atoms. The van der Waals surface area contributed by atoms with Crippen LogP contribution in [0.5, 0.6) is 0 Å². The smallest absolute Gasteiger partial charge is 0.262 e. The van der Waals surface area contributed by atoms with Crippen molar-refractivity contribution in [3.63, 3.8) is 0 Å². The lowest BCUT2D eigenvalue weighted by molar-refractivity contribution is -0.665. The van der Waals surface area contributed by atoms with Crippen molar-refractivity contribution in [1.29, 1.82) is 0 Å². The molecule has 0 unspecified atom stereocenters. The molecule has 7 heteroatoms. The highest BCUT2D eigenvalue weighted by Gasteiger charge is 2.24. The first kappa shape index (κ1) is 22.2. The molecule has 152 valence electrons. The van der Waals surface area contributed by atoms with E-state index in [1.165, 1.54) is 12.1 Å². The first-order valence-corrected chi connectivity index (χ1v) is 10.9. The molecular weight excluding hydrogens is 521 g/mol. The fourth-order valence-electron chi connectivity index (χ4n) is 3.45. The highest BCUT2D eigenvalue weighted by Crippen LogP contribution is 2.46. The largest absolute Gasteiger partial charge is 1.00 e. The molecule has 4 rings (SSSR count). The van der Waals surface area contributed by atoms with Crippen LogP contribution >= 0.6 is 23.1 Å². The zero-order valence-corrected chi connectivity index (χ0v) is 20.2. The lowest BCUT2D eigenvalue weighted by atomic mass is 10.2. The summed E-state index contributed by atoms with van der Waals surface area (Å²) in [5.41, 5.74) is 2.95. The van der Waals surface area contributed by atoms with Crippen LogP contribution in [-0.4, -0.2) is 6.54 Å². The number of aryl methyl sites for hydroxylation is 1. The Labute approximate surface area is 194 Å². The van der Waals surface area contributed by atoms with Gasteiger partial charge in [-0.2, -0.15) is 4.57 Å². The lowest BCUT2D eigenvalue weighted by Crippen LogP contribution is -3.00. The SMILES string of the molecule is CCN1/C(=C/C(C)=C/c2sc3ccc(F)cc3[n+]2CC)Sc2ccc(F)cc21.[I-]. The van der Waals surface area contributed by atoms with Gasteiger partial charge in [-0.1, -0.05) is 23.1 Å². The molecule has 1 aromatic heterocycles. The van der Waals surface area contributed by atoms with Gasteiger partial charge in [-0.05, 0) is 62.8 Å². The third-order valence-corrected chi connectivity index (χ3v) is 6.94. The predicted octanol–water partition coefficient (Wildman–Crippen LogP) is 3.37. The van der Waals surface area contributed by atoms with Crippen LogP contribution in [-0.2, 0) is 6.54 Å². The monoisotopic (exact) mass is 542 g/mol. The van der Waals surface area contributed by atoms with E-state index < -0.39 is 0 Å². The maximum absolute atomic E-state index is 13.7. The highest BCUT2D eigenvalue weighted by molar-refractivity contribution is 8.03. The van der Waals surface area contributed by atoms with E-state index in [0.29, 0.717) is 0 Å². The molecule has 0 spiro atoms. The summed E-state index contributed by atoms with van der Waals surface area (Å²) in [5.74, 6) is -0.430. The number of hydrogen-bond acceptors (Lipinski definition) is 3. The first-order chi connectivity index (χ1) is 13.5. The number of thioether (sulfide) groups is 1. The number of nitrogens with zero attached hydrogens (tertiary/aromatic N) is 2. The molecule has 1 aliphatic heterocycles. The molecule has 0 aliphatic carbocycles. The third kappa shape index (κ3) is 4.36. The van der Waals surface area contributed by atoms with Gasteiger partial charge in [-0.25, -0.2) is 8.78 Å². The van der Waals surface area contributed by atoms with Gasteiger partial charge in [0.05, 0.1) is 10.7 Å². The molecule has 1 aliphatic rings. The molecule has 3 aromatic rings. The van der Waals surface area contributed by atoms with Crippen LogP contribution in [0.1, 0.15) is 25.8 Å². The van der Waals surface area contributed by atoms with Crippen molar-refractivity contribution in [3.8, 4) is 0 Å². The van der Waals surface area contributed by atoms with Crippen LogP contribution in [0.25, 0.3) is 16.3 Å². The average Bonchev–Trinajstić information content (AvgIpc) is 3.17. The minimum atomic E-state index is -0.215. The third-order valence-electron chi connectivity index (χ3n) is 4.72. The van der Waals surface area contributed by atoms with Crippen LogP contribution in [0.3, 0.4) is 0 Å². The van der Waals surface area contributed by atoms with Gasteiger partial charge in [0.1, 0.15) is 22.9 Å². The molecule has 0 fully saturated rings. The van der Waals surface area contributed by atoms with Gasteiger partial charge in [0.25, 0.3) is 5.01 Å². The van der Waals surface area contributed by atoms with E-state index in [1.807, 2.05) is 12.1 Å². The minimum Gasteiger partial charge on any atom is -1.00 e. The Bertz CT molecular complexity index is 1120. The summed E-state index contributed by atoms with van der Waals surface area (Å²) in [7, 11) is 0. The van der Waals surface area contributed by atoms with Crippen LogP contribution in [0.15, 0.2) is 58.0 Å². The van der Waals surface area contributed by atoms with Crippen LogP contribution < -0.4 is 33.4 Å². The number of fused-ring (bicyclic) bond motifs is 2. The molecule has 2 nitrogen and oxygen atoms in total. The Morgan fingerprint density at radius 1 is 1.10 bits per heavy atom. The number of benzene rings is 2. The maximum atomic E-state index is 13.7. The van der Waals surface area contributed by atoms with Gasteiger partial charge >= 0.3 is 0 Å². The van der Waals surface area contributed by atoms with E-state index in [2.05, 4.69) is 42.4 Å². The normalized spacial score (nSPS) is 15.1. The van der Waals surface area contributed by atoms with Crippen LogP contribution in [0.4, 0.5) is 14.5 Å². The zero-order valence-electron chi connectivity index (χ0n) is 16.4. The van der Waals surface area contributed by atoms with E-state index in [0.717, 1.165) is 49.5 Å². The van der Waals surface area contributed by atoms with E-state index in [9.17, 15) is 8.78 Å². The zero-order chi connectivity index (χ0) is 19.8. The van der Waals surface area contributed by atoms with Crippen molar-refractivity contribution in [1.82, 2.24) is 0 Å². The number of anilines is 1. The van der Waals surface area contributed by atoms with Gasteiger partial charge in [0.15, 0.2) is 0 Å². The summed E-state index contributed by atoms with van der Waals surface area (Å²) in [6.45, 7) is 7.76. The molecule has 2 aromatic carbocycles. The molecule has 0 saturated heterocycles. The molecule has 0 atom stereocenters. The van der Waals surface area contributed by atoms with Crippen molar-refractivity contribution in [3.05, 3.63) is 69.7 Å². The first-order valence-electron chi connectivity index (χ1n) is 9.27. The molecule has 0 amide bonds. The van der Waals surface area contributed by atoms with Crippen molar-refractivity contribution >= 4 is 45.1 Å².